The van der Waals surface area contributed by atoms with Crippen molar-refractivity contribution in [2.75, 3.05) is 12.4 Å². The summed E-state index contributed by atoms with van der Waals surface area (Å²) in [4.78, 5) is 8.83. The lowest BCUT2D eigenvalue weighted by Gasteiger charge is -2.08. The second-order valence-corrected chi connectivity index (χ2v) is 4.95. The number of nitrogens with zero attached hydrogens (tertiary/aromatic N) is 3. The largest absolute Gasteiger partial charge is 0.497 e. The number of halogens is 1. The predicted molar refractivity (Wildman–Crippen MR) is 85.5 cm³/mol. The molecule has 0 unspecified atom stereocenters. The van der Waals surface area contributed by atoms with Gasteiger partial charge in [-0.2, -0.15) is 5.26 Å². The van der Waals surface area contributed by atoms with Crippen LogP contribution in [-0.2, 0) is 0 Å². The molecular formula is C16H11ClN4O. The number of rotatable bonds is 3. The lowest BCUT2D eigenvalue weighted by molar-refractivity contribution is 0.415. The number of fused-ring (bicyclic) bond motifs is 1. The van der Waals surface area contributed by atoms with Crippen LogP contribution in [-0.4, -0.2) is 17.1 Å². The molecule has 0 atom stereocenters. The van der Waals surface area contributed by atoms with Gasteiger partial charge in [-0.05, 0) is 30.3 Å². The Morgan fingerprint density at radius 2 is 2.05 bits per heavy atom. The van der Waals surface area contributed by atoms with E-state index in [2.05, 4.69) is 15.3 Å². The standard InChI is InChI=1S/C16H11ClN4O/c1-22-12-4-5-14-15(7-12)21-16(9-19-14)20-11-3-2-10(8-18)13(17)6-11/h2-7,9H,1H3,(H,20,21). The van der Waals surface area contributed by atoms with Crippen molar-refractivity contribution in [1.82, 2.24) is 9.97 Å². The van der Waals surface area contributed by atoms with Gasteiger partial charge in [0.2, 0.25) is 0 Å². The van der Waals surface area contributed by atoms with Gasteiger partial charge in [-0.1, -0.05) is 11.6 Å². The lowest BCUT2D eigenvalue weighted by Crippen LogP contribution is -1.96. The van der Waals surface area contributed by atoms with Crippen LogP contribution in [0.1, 0.15) is 5.56 Å². The van der Waals surface area contributed by atoms with Crippen LogP contribution in [0.4, 0.5) is 11.5 Å². The molecule has 0 aliphatic rings. The van der Waals surface area contributed by atoms with E-state index >= 15 is 0 Å². The van der Waals surface area contributed by atoms with E-state index in [9.17, 15) is 0 Å². The number of hydrogen-bond donors (Lipinski definition) is 1. The van der Waals surface area contributed by atoms with Gasteiger partial charge >= 0.3 is 0 Å². The summed E-state index contributed by atoms with van der Waals surface area (Å²) < 4.78 is 5.19. The topological polar surface area (TPSA) is 70.8 Å². The average Bonchev–Trinajstić information content (AvgIpc) is 2.54. The fourth-order valence-electron chi connectivity index (χ4n) is 2.01. The number of nitriles is 1. The summed E-state index contributed by atoms with van der Waals surface area (Å²) in [5.41, 5.74) is 2.68. The first kappa shape index (κ1) is 14.1. The first-order valence-electron chi connectivity index (χ1n) is 6.47. The van der Waals surface area contributed by atoms with Crippen LogP contribution in [0, 0.1) is 11.3 Å². The van der Waals surface area contributed by atoms with Crippen LogP contribution in [0.3, 0.4) is 0 Å². The summed E-state index contributed by atoms with van der Waals surface area (Å²) in [5, 5.41) is 12.4. The van der Waals surface area contributed by atoms with Gasteiger partial charge in [0.15, 0.2) is 0 Å². The normalized spacial score (nSPS) is 10.2. The number of hydrogen-bond acceptors (Lipinski definition) is 5. The first-order chi connectivity index (χ1) is 10.7. The molecule has 5 nitrogen and oxygen atoms in total. The zero-order valence-corrected chi connectivity index (χ0v) is 12.4. The van der Waals surface area contributed by atoms with Gasteiger partial charge in [-0.3, -0.25) is 4.98 Å². The Morgan fingerprint density at radius 1 is 1.18 bits per heavy atom. The van der Waals surface area contributed by atoms with Crippen molar-refractivity contribution in [3.63, 3.8) is 0 Å². The van der Waals surface area contributed by atoms with Gasteiger partial charge in [0.05, 0.1) is 34.9 Å². The SMILES string of the molecule is COc1ccc2ncc(Nc3ccc(C#N)c(Cl)c3)nc2c1. The van der Waals surface area contributed by atoms with Crippen molar-refractivity contribution in [2.24, 2.45) is 0 Å². The zero-order valence-electron chi connectivity index (χ0n) is 11.7. The third-order valence-electron chi connectivity index (χ3n) is 3.11. The third kappa shape index (κ3) is 2.78. The molecule has 3 aromatic rings. The smallest absolute Gasteiger partial charge is 0.149 e. The summed E-state index contributed by atoms with van der Waals surface area (Å²) in [5.74, 6) is 1.31. The van der Waals surface area contributed by atoms with Crippen LogP contribution in [0.15, 0.2) is 42.6 Å². The van der Waals surface area contributed by atoms with Gasteiger partial charge in [0.1, 0.15) is 17.6 Å². The molecule has 22 heavy (non-hydrogen) atoms. The van der Waals surface area contributed by atoms with Crippen LogP contribution >= 0.6 is 11.6 Å². The van der Waals surface area contributed by atoms with Crippen molar-refractivity contribution < 1.29 is 4.74 Å². The Morgan fingerprint density at radius 3 is 2.77 bits per heavy atom. The Labute approximate surface area is 132 Å². The van der Waals surface area contributed by atoms with Crippen LogP contribution in [0.2, 0.25) is 5.02 Å². The highest BCUT2D eigenvalue weighted by atomic mass is 35.5. The van der Waals surface area contributed by atoms with E-state index in [0.717, 1.165) is 22.5 Å². The first-order valence-corrected chi connectivity index (χ1v) is 6.85. The van der Waals surface area contributed by atoms with Crippen molar-refractivity contribution in [2.45, 2.75) is 0 Å². The molecule has 6 heteroatoms. The van der Waals surface area contributed by atoms with Crippen LogP contribution in [0.25, 0.3) is 11.0 Å². The number of methoxy groups -OCH3 is 1. The highest BCUT2D eigenvalue weighted by Crippen LogP contribution is 2.24. The van der Waals surface area contributed by atoms with Gasteiger partial charge < -0.3 is 10.1 Å². The number of ether oxygens (including phenoxy) is 1. The van der Waals surface area contributed by atoms with Gasteiger partial charge in [0.25, 0.3) is 0 Å². The summed E-state index contributed by atoms with van der Waals surface area (Å²) in [7, 11) is 1.61. The molecule has 3 rings (SSSR count). The van der Waals surface area contributed by atoms with Crippen LogP contribution < -0.4 is 10.1 Å². The molecule has 108 valence electrons. The quantitative estimate of drug-likeness (QED) is 0.794. The van der Waals surface area contributed by atoms with Crippen molar-refractivity contribution in [1.29, 1.82) is 5.26 Å². The summed E-state index contributed by atoms with van der Waals surface area (Å²) >= 11 is 6.02. The van der Waals surface area contributed by atoms with Crippen molar-refractivity contribution >= 4 is 34.1 Å². The second-order valence-electron chi connectivity index (χ2n) is 4.54. The molecule has 0 radical (unpaired) electrons. The van der Waals surface area contributed by atoms with Crippen molar-refractivity contribution in [3.05, 3.63) is 53.2 Å². The molecule has 0 bridgehead atoms. The maximum absolute atomic E-state index is 8.88. The van der Waals surface area contributed by atoms with Crippen LogP contribution in [0.5, 0.6) is 5.75 Å². The molecule has 1 heterocycles. The highest BCUT2D eigenvalue weighted by Gasteiger charge is 2.04. The van der Waals surface area contributed by atoms with Gasteiger partial charge in [0, 0.05) is 11.8 Å². The van der Waals surface area contributed by atoms with E-state index in [1.54, 1.807) is 31.5 Å². The fraction of sp³-hybridized carbons (Fsp3) is 0.0625. The van der Waals surface area contributed by atoms with E-state index < -0.39 is 0 Å². The van der Waals surface area contributed by atoms with E-state index in [-0.39, 0.29) is 0 Å². The third-order valence-corrected chi connectivity index (χ3v) is 3.42. The van der Waals surface area contributed by atoms with E-state index in [1.165, 1.54) is 0 Å². The minimum atomic E-state index is 0.392. The molecule has 0 aliphatic carbocycles. The number of nitrogens with one attached hydrogen (secondary N) is 1. The van der Waals surface area contributed by atoms with Gasteiger partial charge in [-0.25, -0.2) is 4.98 Å². The van der Waals surface area contributed by atoms with Crippen molar-refractivity contribution in [3.8, 4) is 11.8 Å². The molecule has 0 amide bonds. The predicted octanol–water partition coefficient (Wildman–Crippen LogP) is 3.91. The maximum Gasteiger partial charge on any atom is 0.149 e. The monoisotopic (exact) mass is 310 g/mol. The summed E-state index contributed by atoms with van der Waals surface area (Å²) in [6.07, 6.45) is 1.64. The summed E-state index contributed by atoms with van der Waals surface area (Å²) in [6.45, 7) is 0. The van der Waals surface area contributed by atoms with E-state index in [4.69, 9.17) is 21.6 Å². The minimum Gasteiger partial charge on any atom is -0.497 e. The summed E-state index contributed by atoms with van der Waals surface area (Å²) in [6, 6.07) is 12.6. The number of anilines is 2. The maximum atomic E-state index is 8.88. The molecule has 0 saturated carbocycles. The molecule has 0 saturated heterocycles. The number of benzene rings is 2. The van der Waals surface area contributed by atoms with E-state index in [1.807, 2.05) is 24.3 Å². The Bertz CT molecular complexity index is 889. The Kier molecular flexibility index (Phi) is 3.77. The molecule has 0 aliphatic heterocycles. The Hall–Kier alpha value is -2.84. The molecular weight excluding hydrogens is 300 g/mol. The minimum absolute atomic E-state index is 0.392. The highest BCUT2D eigenvalue weighted by molar-refractivity contribution is 6.32. The second kappa shape index (κ2) is 5.88. The molecule has 0 spiro atoms. The van der Waals surface area contributed by atoms with E-state index in [0.29, 0.717) is 16.4 Å². The lowest BCUT2D eigenvalue weighted by atomic mass is 10.2. The fourth-order valence-corrected chi connectivity index (χ4v) is 2.23. The molecule has 0 fully saturated rings. The number of aromatic nitrogens is 2. The molecule has 1 N–H and O–H groups in total. The average molecular weight is 311 g/mol. The zero-order chi connectivity index (χ0) is 15.5. The molecule has 1 aromatic heterocycles. The molecule has 2 aromatic carbocycles. The Balaban J connectivity index is 1.93. The van der Waals surface area contributed by atoms with Gasteiger partial charge in [-0.15, -0.1) is 0 Å².